The smallest absolute Gasteiger partial charge is 0.267 e. The molecule has 1 amide bonds. The van der Waals surface area contributed by atoms with Gasteiger partial charge in [-0.05, 0) is 31.0 Å². The highest BCUT2D eigenvalue weighted by molar-refractivity contribution is 5.87. The van der Waals surface area contributed by atoms with Crippen LogP contribution >= 0.6 is 0 Å². The van der Waals surface area contributed by atoms with Gasteiger partial charge < -0.3 is 14.9 Å². The summed E-state index contributed by atoms with van der Waals surface area (Å²) in [4.78, 5) is 10.9. The average Bonchev–Trinajstić information content (AvgIpc) is 2.45. The summed E-state index contributed by atoms with van der Waals surface area (Å²) in [5.41, 5.74) is 2.84. The minimum Gasteiger partial charge on any atom is -0.491 e. The van der Waals surface area contributed by atoms with Gasteiger partial charge in [-0.3, -0.25) is 10.0 Å². The molecule has 6 nitrogen and oxygen atoms in total. The van der Waals surface area contributed by atoms with Crippen LogP contribution in [0.1, 0.15) is 25.0 Å². The van der Waals surface area contributed by atoms with E-state index >= 15 is 0 Å². The average molecular weight is 281 g/mol. The number of hydrogen-bond donors (Lipinski definition) is 4. The van der Waals surface area contributed by atoms with Crippen molar-refractivity contribution in [3.05, 3.63) is 41.5 Å². The summed E-state index contributed by atoms with van der Waals surface area (Å²) in [5, 5.41) is 27.1. The van der Waals surface area contributed by atoms with E-state index in [-0.39, 0.29) is 19.6 Å². The summed E-state index contributed by atoms with van der Waals surface area (Å²) in [5.74, 6) is -0.00984. The molecule has 6 heteroatoms. The van der Waals surface area contributed by atoms with Gasteiger partial charge in [0.1, 0.15) is 12.4 Å². The zero-order chi connectivity index (χ0) is 15.0. The Balaban J connectivity index is 2.61. The second-order valence-corrected chi connectivity index (χ2v) is 4.33. The Morgan fingerprint density at radius 1 is 1.40 bits per heavy atom. The minimum atomic E-state index is -0.746. The molecule has 0 aromatic heterocycles. The summed E-state index contributed by atoms with van der Waals surface area (Å²) < 4.78 is 5.21. The highest BCUT2D eigenvalue weighted by Gasteiger charge is 2.09. The van der Waals surface area contributed by atoms with Crippen LogP contribution in [0.15, 0.2) is 35.9 Å². The SMILES string of the molecule is C/C(=C\C(=O)NO)C[C@H](O)c1ccc(OCCO)cc1. The number of hydrogen-bond acceptors (Lipinski definition) is 5. The van der Waals surface area contributed by atoms with Crippen LogP contribution in [-0.2, 0) is 4.79 Å². The molecule has 0 unspecified atom stereocenters. The molecule has 4 N–H and O–H groups in total. The van der Waals surface area contributed by atoms with Crippen LogP contribution in [0.5, 0.6) is 5.75 Å². The number of carbonyl (C=O) groups excluding carboxylic acids is 1. The molecule has 0 radical (unpaired) electrons. The fourth-order valence-corrected chi connectivity index (χ4v) is 1.69. The summed E-state index contributed by atoms with van der Waals surface area (Å²) in [7, 11) is 0. The number of amides is 1. The van der Waals surface area contributed by atoms with Gasteiger partial charge in [0, 0.05) is 6.08 Å². The lowest BCUT2D eigenvalue weighted by molar-refractivity contribution is -0.124. The van der Waals surface area contributed by atoms with Crippen molar-refractivity contribution in [1.82, 2.24) is 5.48 Å². The largest absolute Gasteiger partial charge is 0.491 e. The first-order chi connectivity index (χ1) is 9.56. The zero-order valence-corrected chi connectivity index (χ0v) is 11.2. The van der Waals surface area contributed by atoms with E-state index in [2.05, 4.69) is 0 Å². The maximum atomic E-state index is 10.9. The lowest BCUT2D eigenvalue weighted by Crippen LogP contribution is -2.16. The topological polar surface area (TPSA) is 99.0 Å². The number of carbonyl (C=O) groups is 1. The number of benzene rings is 1. The molecule has 1 aromatic rings. The third-order valence-electron chi connectivity index (χ3n) is 2.63. The van der Waals surface area contributed by atoms with Crippen LogP contribution in [0, 0.1) is 0 Å². The quantitative estimate of drug-likeness (QED) is 0.338. The van der Waals surface area contributed by atoms with Crippen LogP contribution < -0.4 is 10.2 Å². The molecule has 0 saturated carbocycles. The molecule has 0 aliphatic heterocycles. The Morgan fingerprint density at radius 3 is 2.60 bits per heavy atom. The maximum Gasteiger partial charge on any atom is 0.267 e. The number of aliphatic hydroxyl groups excluding tert-OH is 2. The summed E-state index contributed by atoms with van der Waals surface area (Å²) in [6, 6.07) is 6.84. The molecular formula is C14H19NO5. The van der Waals surface area contributed by atoms with E-state index < -0.39 is 12.0 Å². The fraction of sp³-hybridized carbons (Fsp3) is 0.357. The Bertz CT molecular complexity index is 455. The van der Waals surface area contributed by atoms with Gasteiger partial charge in [0.15, 0.2) is 0 Å². The molecule has 0 bridgehead atoms. The number of ether oxygens (including phenoxy) is 1. The van der Waals surface area contributed by atoms with E-state index in [1.807, 2.05) is 0 Å². The van der Waals surface area contributed by atoms with Crippen molar-refractivity contribution in [1.29, 1.82) is 0 Å². The molecule has 1 atom stereocenters. The summed E-state index contributed by atoms with van der Waals surface area (Å²) in [6.45, 7) is 1.86. The van der Waals surface area contributed by atoms with E-state index in [9.17, 15) is 9.90 Å². The van der Waals surface area contributed by atoms with Crippen molar-refractivity contribution in [2.24, 2.45) is 0 Å². The molecule has 110 valence electrons. The number of nitrogens with one attached hydrogen (secondary N) is 1. The molecule has 1 aromatic carbocycles. The second-order valence-electron chi connectivity index (χ2n) is 4.33. The van der Waals surface area contributed by atoms with Crippen LogP contribution in [0.25, 0.3) is 0 Å². The number of hydroxylamine groups is 1. The van der Waals surface area contributed by atoms with Gasteiger partial charge in [-0.25, -0.2) is 5.48 Å². The van der Waals surface area contributed by atoms with Crippen molar-refractivity contribution in [3.63, 3.8) is 0 Å². The maximum absolute atomic E-state index is 10.9. The third-order valence-corrected chi connectivity index (χ3v) is 2.63. The predicted molar refractivity (Wildman–Crippen MR) is 72.3 cm³/mol. The van der Waals surface area contributed by atoms with Crippen LogP contribution in [0.4, 0.5) is 0 Å². The van der Waals surface area contributed by atoms with Gasteiger partial charge in [0.25, 0.3) is 5.91 Å². The highest BCUT2D eigenvalue weighted by atomic mass is 16.5. The van der Waals surface area contributed by atoms with E-state index in [0.717, 1.165) is 0 Å². The first-order valence-corrected chi connectivity index (χ1v) is 6.19. The van der Waals surface area contributed by atoms with Crippen molar-refractivity contribution in [2.45, 2.75) is 19.4 Å². The van der Waals surface area contributed by atoms with Crippen molar-refractivity contribution in [2.75, 3.05) is 13.2 Å². The first-order valence-electron chi connectivity index (χ1n) is 6.19. The zero-order valence-electron chi connectivity index (χ0n) is 11.2. The Labute approximate surface area is 117 Å². The van der Waals surface area contributed by atoms with E-state index in [1.54, 1.807) is 31.2 Å². The Morgan fingerprint density at radius 2 is 2.05 bits per heavy atom. The third kappa shape index (κ3) is 5.40. The van der Waals surface area contributed by atoms with Crippen LogP contribution in [0.3, 0.4) is 0 Å². The summed E-state index contributed by atoms with van der Waals surface area (Å²) in [6.07, 6.45) is 0.760. The van der Waals surface area contributed by atoms with Gasteiger partial charge in [-0.2, -0.15) is 0 Å². The van der Waals surface area contributed by atoms with Gasteiger partial charge in [-0.15, -0.1) is 0 Å². The molecule has 0 fully saturated rings. The van der Waals surface area contributed by atoms with Gasteiger partial charge >= 0.3 is 0 Å². The first kappa shape index (κ1) is 16.2. The molecule has 0 aliphatic carbocycles. The molecule has 1 rings (SSSR count). The summed E-state index contributed by atoms with van der Waals surface area (Å²) >= 11 is 0. The van der Waals surface area contributed by atoms with E-state index in [0.29, 0.717) is 16.9 Å². The fourth-order valence-electron chi connectivity index (χ4n) is 1.69. The van der Waals surface area contributed by atoms with Gasteiger partial charge in [-0.1, -0.05) is 17.7 Å². The van der Waals surface area contributed by atoms with Crippen LogP contribution in [0.2, 0.25) is 0 Å². The number of rotatable bonds is 7. The molecule has 0 saturated heterocycles. The van der Waals surface area contributed by atoms with Crippen molar-refractivity contribution >= 4 is 5.91 Å². The molecule has 20 heavy (non-hydrogen) atoms. The monoisotopic (exact) mass is 281 g/mol. The molecule has 0 aliphatic rings. The minimum absolute atomic E-state index is 0.0543. The lowest BCUT2D eigenvalue weighted by atomic mass is 10.0. The normalized spacial score (nSPS) is 12.9. The number of aliphatic hydroxyl groups is 2. The molecule has 0 heterocycles. The van der Waals surface area contributed by atoms with Crippen molar-refractivity contribution < 1.29 is 25.0 Å². The van der Waals surface area contributed by atoms with E-state index in [4.69, 9.17) is 15.1 Å². The predicted octanol–water partition coefficient (Wildman–Crippen LogP) is 0.933. The van der Waals surface area contributed by atoms with Crippen molar-refractivity contribution in [3.8, 4) is 5.75 Å². The Hall–Kier alpha value is -1.89. The van der Waals surface area contributed by atoms with Crippen LogP contribution in [-0.4, -0.2) is 34.5 Å². The highest BCUT2D eigenvalue weighted by Crippen LogP contribution is 2.23. The molecule has 0 spiro atoms. The Kier molecular flexibility index (Phi) is 6.72. The molecular weight excluding hydrogens is 262 g/mol. The second kappa shape index (κ2) is 8.31. The lowest BCUT2D eigenvalue weighted by Gasteiger charge is -2.12. The standard InChI is InChI=1S/C14H19NO5/c1-10(9-14(18)15-19)8-13(17)11-2-4-12(5-3-11)20-7-6-16/h2-5,9,13,16-17,19H,6-8H2,1H3,(H,15,18)/b10-9+/t13-/m0/s1. The van der Waals surface area contributed by atoms with E-state index in [1.165, 1.54) is 11.6 Å². The van der Waals surface area contributed by atoms with Gasteiger partial charge in [0.2, 0.25) is 0 Å². The van der Waals surface area contributed by atoms with Gasteiger partial charge in [0.05, 0.1) is 12.7 Å².